The summed E-state index contributed by atoms with van der Waals surface area (Å²) in [6.07, 6.45) is 2.53. The highest BCUT2D eigenvalue weighted by atomic mass is 16.5. The molecule has 6 nitrogen and oxygen atoms in total. The first-order chi connectivity index (χ1) is 8.15. The largest absolute Gasteiger partial charge is 0.481 e. The van der Waals surface area contributed by atoms with E-state index in [0.717, 1.165) is 6.42 Å². The summed E-state index contributed by atoms with van der Waals surface area (Å²) in [5.41, 5.74) is 0. The van der Waals surface area contributed by atoms with Gasteiger partial charge in [0.25, 0.3) is 0 Å². The third-order valence-electron chi connectivity index (χ3n) is 2.43. The van der Waals surface area contributed by atoms with E-state index in [9.17, 15) is 4.79 Å². The lowest BCUT2D eigenvalue weighted by Crippen LogP contribution is -2.18. The second-order valence-electron chi connectivity index (χ2n) is 3.68. The maximum Gasteiger partial charge on any atom is 0.303 e. The lowest BCUT2D eigenvalue weighted by atomic mass is 10.0. The number of anilines is 1. The summed E-state index contributed by atoms with van der Waals surface area (Å²) in [6.45, 7) is 2.50. The molecule has 0 bridgehead atoms. The molecular weight excluding hydrogens is 222 g/mol. The molecule has 0 aliphatic heterocycles. The van der Waals surface area contributed by atoms with Gasteiger partial charge in [0.05, 0.1) is 7.11 Å². The second-order valence-corrected chi connectivity index (χ2v) is 3.68. The van der Waals surface area contributed by atoms with Crippen LogP contribution in [0.1, 0.15) is 19.8 Å². The van der Waals surface area contributed by atoms with Crippen molar-refractivity contribution in [3.8, 4) is 5.88 Å². The summed E-state index contributed by atoms with van der Waals surface area (Å²) >= 11 is 0. The molecule has 1 aromatic rings. The van der Waals surface area contributed by atoms with E-state index in [1.807, 2.05) is 6.92 Å². The minimum atomic E-state index is -0.787. The molecule has 1 rings (SSSR count). The number of aromatic nitrogens is 2. The van der Waals surface area contributed by atoms with Crippen molar-refractivity contribution in [2.24, 2.45) is 5.92 Å². The molecular formula is C11H17N3O3. The molecule has 0 aromatic carbocycles. The number of hydrogen-bond donors (Lipinski definition) is 2. The molecule has 0 saturated heterocycles. The maximum absolute atomic E-state index is 10.6. The summed E-state index contributed by atoms with van der Waals surface area (Å²) in [7, 11) is 1.53. The number of methoxy groups -OCH3 is 1. The number of ether oxygens (including phenoxy) is 1. The van der Waals surface area contributed by atoms with Gasteiger partial charge in [-0.1, -0.05) is 13.3 Å². The molecule has 0 aliphatic carbocycles. The van der Waals surface area contributed by atoms with E-state index < -0.39 is 5.97 Å². The molecule has 0 spiro atoms. The minimum Gasteiger partial charge on any atom is -0.481 e. The summed E-state index contributed by atoms with van der Waals surface area (Å²) in [6, 6.07) is 1.65. The fourth-order valence-corrected chi connectivity index (χ4v) is 1.38. The molecule has 0 fully saturated rings. The predicted octanol–water partition coefficient (Wildman–Crippen LogP) is 1.40. The van der Waals surface area contributed by atoms with Gasteiger partial charge in [-0.3, -0.25) is 4.79 Å². The summed E-state index contributed by atoms with van der Waals surface area (Å²) < 4.78 is 4.97. The van der Waals surface area contributed by atoms with Crippen molar-refractivity contribution in [3.05, 3.63) is 12.3 Å². The molecule has 2 N–H and O–H groups in total. The van der Waals surface area contributed by atoms with Gasteiger partial charge in [0.15, 0.2) is 0 Å². The number of aliphatic carboxylic acids is 1. The first kappa shape index (κ1) is 13.2. The van der Waals surface area contributed by atoms with Gasteiger partial charge in [-0.2, -0.15) is 4.98 Å². The second kappa shape index (κ2) is 6.67. The molecule has 1 aromatic heterocycles. The number of carboxylic acids is 1. The molecule has 0 radical (unpaired) electrons. The van der Waals surface area contributed by atoms with Crippen molar-refractivity contribution in [2.75, 3.05) is 19.0 Å². The zero-order valence-electron chi connectivity index (χ0n) is 10.0. The quantitative estimate of drug-likeness (QED) is 0.748. The lowest BCUT2D eigenvalue weighted by molar-refractivity contribution is -0.138. The van der Waals surface area contributed by atoms with Crippen LogP contribution in [0.4, 0.5) is 5.95 Å². The predicted molar refractivity (Wildman–Crippen MR) is 63.1 cm³/mol. The fraction of sp³-hybridized carbons (Fsp3) is 0.545. The number of nitrogens with one attached hydrogen (secondary N) is 1. The van der Waals surface area contributed by atoms with Crippen LogP contribution in [-0.4, -0.2) is 34.7 Å². The number of carbonyl (C=O) groups is 1. The van der Waals surface area contributed by atoms with Crippen molar-refractivity contribution in [1.29, 1.82) is 0 Å². The Morgan fingerprint density at radius 1 is 1.65 bits per heavy atom. The normalized spacial score (nSPS) is 11.9. The molecule has 1 atom stereocenters. The van der Waals surface area contributed by atoms with Crippen LogP contribution in [0.2, 0.25) is 0 Å². The number of hydrogen-bond acceptors (Lipinski definition) is 5. The molecule has 6 heteroatoms. The highest BCUT2D eigenvalue weighted by Crippen LogP contribution is 2.11. The van der Waals surface area contributed by atoms with Crippen LogP contribution >= 0.6 is 0 Å². The Morgan fingerprint density at radius 3 is 3.00 bits per heavy atom. The Morgan fingerprint density at radius 2 is 2.41 bits per heavy atom. The Kier molecular flexibility index (Phi) is 5.19. The van der Waals surface area contributed by atoms with Crippen LogP contribution in [-0.2, 0) is 4.79 Å². The van der Waals surface area contributed by atoms with Gasteiger partial charge in [-0.25, -0.2) is 4.98 Å². The molecule has 1 unspecified atom stereocenters. The number of rotatable bonds is 7. The zero-order valence-corrected chi connectivity index (χ0v) is 10.0. The van der Waals surface area contributed by atoms with Gasteiger partial charge in [0.1, 0.15) is 0 Å². The number of carboxylic acid groups (broad SMARTS) is 1. The van der Waals surface area contributed by atoms with E-state index in [-0.39, 0.29) is 12.3 Å². The standard InChI is InChI=1S/C11H17N3O3/c1-3-8(6-10(15)16)7-13-11-12-5-4-9(14-11)17-2/h4-5,8H,3,6-7H2,1-2H3,(H,15,16)(H,12,13,14). The third-order valence-corrected chi connectivity index (χ3v) is 2.43. The smallest absolute Gasteiger partial charge is 0.303 e. The van der Waals surface area contributed by atoms with Crippen LogP contribution in [0.15, 0.2) is 12.3 Å². The monoisotopic (exact) mass is 239 g/mol. The highest BCUT2D eigenvalue weighted by Gasteiger charge is 2.11. The van der Waals surface area contributed by atoms with Gasteiger partial charge in [-0.15, -0.1) is 0 Å². The Bertz CT molecular complexity index is 371. The van der Waals surface area contributed by atoms with Crippen LogP contribution in [0.25, 0.3) is 0 Å². The van der Waals surface area contributed by atoms with Gasteiger partial charge in [-0.05, 0) is 5.92 Å². The van der Waals surface area contributed by atoms with E-state index in [4.69, 9.17) is 9.84 Å². The maximum atomic E-state index is 10.6. The van der Waals surface area contributed by atoms with E-state index in [1.165, 1.54) is 7.11 Å². The lowest BCUT2D eigenvalue weighted by Gasteiger charge is -2.13. The van der Waals surface area contributed by atoms with Crippen LogP contribution < -0.4 is 10.1 Å². The topological polar surface area (TPSA) is 84.3 Å². The first-order valence-electron chi connectivity index (χ1n) is 5.48. The summed E-state index contributed by atoms with van der Waals surface area (Å²) in [5, 5.41) is 11.7. The molecule has 94 valence electrons. The third kappa shape index (κ3) is 4.67. The van der Waals surface area contributed by atoms with E-state index in [1.54, 1.807) is 12.3 Å². The van der Waals surface area contributed by atoms with E-state index in [0.29, 0.717) is 18.4 Å². The Labute approximate surface area is 100 Å². The summed E-state index contributed by atoms with van der Waals surface area (Å²) in [4.78, 5) is 18.7. The number of nitrogens with zero attached hydrogens (tertiary/aromatic N) is 2. The van der Waals surface area contributed by atoms with Gasteiger partial charge >= 0.3 is 5.97 Å². The van der Waals surface area contributed by atoms with Crippen molar-refractivity contribution in [1.82, 2.24) is 9.97 Å². The molecule has 0 saturated carbocycles. The Balaban J connectivity index is 2.50. The molecule has 1 heterocycles. The van der Waals surface area contributed by atoms with Crippen LogP contribution in [0.3, 0.4) is 0 Å². The van der Waals surface area contributed by atoms with Crippen molar-refractivity contribution >= 4 is 11.9 Å². The highest BCUT2D eigenvalue weighted by molar-refractivity contribution is 5.67. The average molecular weight is 239 g/mol. The zero-order chi connectivity index (χ0) is 12.7. The molecule has 17 heavy (non-hydrogen) atoms. The van der Waals surface area contributed by atoms with Gasteiger partial charge in [0, 0.05) is 25.2 Å². The Hall–Kier alpha value is -1.85. The van der Waals surface area contributed by atoms with Crippen molar-refractivity contribution in [2.45, 2.75) is 19.8 Å². The van der Waals surface area contributed by atoms with Gasteiger partial charge < -0.3 is 15.2 Å². The minimum absolute atomic E-state index is 0.0716. The van der Waals surface area contributed by atoms with Crippen molar-refractivity contribution in [3.63, 3.8) is 0 Å². The first-order valence-corrected chi connectivity index (χ1v) is 5.48. The fourth-order valence-electron chi connectivity index (χ4n) is 1.38. The van der Waals surface area contributed by atoms with Gasteiger partial charge in [0.2, 0.25) is 11.8 Å². The summed E-state index contributed by atoms with van der Waals surface area (Å²) in [5.74, 6) is 0.217. The SMILES string of the molecule is CCC(CNc1nccc(OC)n1)CC(=O)O. The molecule has 0 amide bonds. The average Bonchev–Trinajstić information content (AvgIpc) is 2.34. The van der Waals surface area contributed by atoms with E-state index >= 15 is 0 Å². The molecule has 0 aliphatic rings. The van der Waals surface area contributed by atoms with Crippen LogP contribution in [0.5, 0.6) is 5.88 Å². The van der Waals surface area contributed by atoms with Crippen molar-refractivity contribution < 1.29 is 14.6 Å². The van der Waals surface area contributed by atoms with Crippen LogP contribution in [0, 0.1) is 5.92 Å². The van der Waals surface area contributed by atoms with E-state index in [2.05, 4.69) is 15.3 Å².